The average molecular weight is 506 g/mol. The van der Waals surface area contributed by atoms with Crippen molar-refractivity contribution in [3.63, 3.8) is 0 Å². The van der Waals surface area contributed by atoms with E-state index >= 15 is 0 Å². The molecule has 1 aromatic carbocycles. The van der Waals surface area contributed by atoms with Crippen LogP contribution in [-0.4, -0.2) is 79.7 Å². The number of nitrogens with one attached hydrogen (secondary N) is 1. The van der Waals surface area contributed by atoms with E-state index in [-0.39, 0.29) is 31.5 Å². The lowest BCUT2D eigenvalue weighted by molar-refractivity contribution is 0.0213. The molecule has 1 fully saturated rings. The quantitative estimate of drug-likeness (QED) is 0.628. The van der Waals surface area contributed by atoms with E-state index in [1.54, 1.807) is 24.0 Å². The summed E-state index contributed by atoms with van der Waals surface area (Å²) in [6.45, 7) is 4.17. The van der Waals surface area contributed by atoms with Gasteiger partial charge in [0.15, 0.2) is 0 Å². The van der Waals surface area contributed by atoms with Crippen molar-refractivity contribution in [1.82, 2.24) is 15.1 Å². The fourth-order valence-electron chi connectivity index (χ4n) is 4.30. The number of hydrogen-bond donors (Lipinski definition) is 1. The maximum absolute atomic E-state index is 13.4. The number of nitrogens with zero attached hydrogens (tertiary/aromatic N) is 2. The molecule has 0 aliphatic carbocycles. The maximum atomic E-state index is 13.4. The Morgan fingerprint density at radius 3 is 2.59 bits per heavy atom. The van der Waals surface area contributed by atoms with E-state index in [1.165, 1.54) is 11.1 Å². The van der Waals surface area contributed by atoms with Gasteiger partial charge in [0, 0.05) is 25.2 Å². The van der Waals surface area contributed by atoms with Gasteiger partial charge < -0.3 is 24.6 Å². The van der Waals surface area contributed by atoms with Crippen molar-refractivity contribution < 1.29 is 23.9 Å². The van der Waals surface area contributed by atoms with Gasteiger partial charge in [0.2, 0.25) is 0 Å². The smallest absolute Gasteiger partial charge is 0.435 e. The minimum atomic E-state index is -0.825. The molecule has 1 saturated heterocycles. The number of fused-ring (bicyclic) bond motifs is 1. The number of amides is 2. The summed E-state index contributed by atoms with van der Waals surface area (Å²) in [5, 5.41) is 2.89. The van der Waals surface area contributed by atoms with Gasteiger partial charge in [-0.05, 0) is 62.2 Å². The molecule has 2 aliphatic heterocycles. The van der Waals surface area contributed by atoms with Gasteiger partial charge in [-0.25, -0.2) is 4.79 Å². The standard InChI is InChI=1S/C24H28ClN3O5S/c1-3-32-24(31)33-19-14-28(13-18(19)26-22(29)20-6-7-21(25)34-20)23(30)17-5-4-15-8-10-27(2)11-9-16(15)12-17/h4-7,12,18-19H,3,8-11,13-14H2,1-2H3,(H,26,29). The highest BCUT2D eigenvalue weighted by Crippen LogP contribution is 2.24. The summed E-state index contributed by atoms with van der Waals surface area (Å²) in [5.74, 6) is -0.489. The van der Waals surface area contributed by atoms with Crippen LogP contribution in [0.4, 0.5) is 4.79 Å². The zero-order valence-electron chi connectivity index (χ0n) is 19.2. The number of rotatable bonds is 5. The highest BCUT2D eigenvalue weighted by atomic mass is 35.5. The first-order valence-corrected chi connectivity index (χ1v) is 12.5. The van der Waals surface area contributed by atoms with Gasteiger partial charge >= 0.3 is 6.16 Å². The molecule has 2 aromatic rings. The molecule has 34 heavy (non-hydrogen) atoms. The van der Waals surface area contributed by atoms with Crippen LogP contribution in [0.1, 0.15) is 38.1 Å². The topological polar surface area (TPSA) is 88.2 Å². The fraction of sp³-hybridized carbons (Fsp3) is 0.458. The predicted molar refractivity (Wildman–Crippen MR) is 130 cm³/mol. The Labute approximate surface area is 207 Å². The van der Waals surface area contributed by atoms with E-state index in [0.29, 0.717) is 14.8 Å². The summed E-state index contributed by atoms with van der Waals surface area (Å²) < 4.78 is 10.9. The second-order valence-electron chi connectivity index (χ2n) is 8.52. The molecular formula is C24H28ClN3O5S. The van der Waals surface area contributed by atoms with Crippen molar-refractivity contribution in [2.24, 2.45) is 0 Å². The highest BCUT2D eigenvalue weighted by molar-refractivity contribution is 7.18. The SMILES string of the molecule is CCOC(=O)OC1CN(C(=O)c2ccc3c(c2)CCN(C)CC3)CC1NC(=O)c1ccc(Cl)s1. The summed E-state index contributed by atoms with van der Waals surface area (Å²) in [5.41, 5.74) is 3.05. The number of benzene rings is 1. The van der Waals surface area contributed by atoms with E-state index in [1.807, 2.05) is 18.2 Å². The average Bonchev–Trinajstić information content (AvgIpc) is 3.37. The number of likely N-dealkylation sites (tertiary alicyclic amines) is 1. The third kappa shape index (κ3) is 5.71. The van der Waals surface area contributed by atoms with E-state index < -0.39 is 18.3 Å². The molecule has 0 radical (unpaired) electrons. The van der Waals surface area contributed by atoms with Crippen LogP contribution in [0, 0.1) is 0 Å². The van der Waals surface area contributed by atoms with E-state index in [9.17, 15) is 14.4 Å². The van der Waals surface area contributed by atoms with Crippen molar-refractivity contribution in [1.29, 1.82) is 0 Å². The summed E-state index contributed by atoms with van der Waals surface area (Å²) in [6, 6.07) is 8.56. The van der Waals surface area contributed by atoms with Gasteiger partial charge in [-0.15, -0.1) is 11.3 Å². The number of hydrogen-bond acceptors (Lipinski definition) is 7. The van der Waals surface area contributed by atoms with Gasteiger partial charge in [-0.1, -0.05) is 17.7 Å². The molecule has 3 heterocycles. The number of ether oxygens (including phenoxy) is 2. The highest BCUT2D eigenvalue weighted by Gasteiger charge is 2.39. The molecule has 8 nitrogen and oxygen atoms in total. The normalized spacial score (nSPS) is 20.4. The Balaban J connectivity index is 1.49. The molecule has 182 valence electrons. The number of halogens is 1. The van der Waals surface area contributed by atoms with Gasteiger partial charge in [0.1, 0.15) is 6.10 Å². The fourth-order valence-corrected chi connectivity index (χ4v) is 5.25. The Bertz CT molecular complexity index is 1070. The largest absolute Gasteiger partial charge is 0.508 e. The third-order valence-electron chi connectivity index (χ3n) is 6.16. The summed E-state index contributed by atoms with van der Waals surface area (Å²) in [7, 11) is 2.10. The Kier molecular flexibility index (Phi) is 7.75. The second kappa shape index (κ2) is 10.8. The molecule has 2 atom stereocenters. The Hall–Kier alpha value is -2.62. The minimum Gasteiger partial charge on any atom is -0.435 e. The second-order valence-corrected chi connectivity index (χ2v) is 10.2. The first-order valence-electron chi connectivity index (χ1n) is 11.3. The van der Waals surface area contributed by atoms with E-state index in [4.69, 9.17) is 21.1 Å². The molecule has 0 saturated carbocycles. The monoisotopic (exact) mass is 505 g/mol. The summed E-state index contributed by atoms with van der Waals surface area (Å²) in [4.78, 5) is 42.4. The predicted octanol–water partition coefficient (Wildman–Crippen LogP) is 3.23. The van der Waals surface area contributed by atoms with E-state index in [2.05, 4.69) is 17.3 Å². The lowest BCUT2D eigenvalue weighted by Gasteiger charge is -2.19. The number of carbonyl (C=O) groups excluding carboxylic acids is 3. The van der Waals surface area contributed by atoms with Crippen molar-refractivity contribution in [3.05, 3.63) is 56.2 Å². The van der Waals surface area contributed by atoms with Crippen molar-refractivity contribution in [2.45, 2.75) is 31.9 Å². The van der Waals surface area contributed by atoms with Crippen LogP contribution in [0.25, 0.3) is 0 Å². The van der Waals surface area contributed by atoms with Crippen LogP contribution in [0.2, 0.25) is 4.34 Å². The van der Waals surface area contributed by atoms with Crippen LogP contribution in [-0.2, 0) is 22.3 Å². The number of carbonyl (C=O) groups is 3. The summed E-state index contributed by atoms with van der Waals surface area (Å²) >= 11 is 7.11. The molecule has 2 amide bonds. The molecular weight excluding hydrogens is 478 g/mol. The van der Waals surface area contributed by atoms with Crippen molar-refractivity contribution in [3.8, 4) is 0 Å². The lowest BCUT2D eigenvalue weighted by atomic mass is 9.99. The molecule has 0 spiro atoms. The molecule has 2 unspecified atom stereocenters. The van der Waals surface area contributed by atoms with Crippen LogP contribution in [0.5, 0.6) is 0 Å². The molecule has 2 aliphatic rings. The number of thiophene rings is 1. The van der Waals surface area contributed by atoms with Gasteiger partial charge in [0.25, 0.3) is 11.8 Å². The number of likely N-dealkylation sites (N-methyl/N-ethyl adjacent to an activating group) is 1. The molecule has 10 heteroatoms. The summed E-state index contributed by atoms with van der Waals surface area (Å²) in [6.07, 6.45) is 0.301. The zero-order valence-corrected chi connectivity index (χ0v) is 20.8. The maximum Gasteiger partial charge on any atom is 0.508 e. The van der Waals surface area contributed by atoms with Crippen LogP contribution in [0.15, 0.2) is 30.3 Å². The minimum absolute atomic E-state index is 0.159. The first kappa shape index (κ1) is 24.5. The van der Waals surface area contributed by atoms with Gasteiger partial charge in [0.05, 0.1) is 28.4 Å². The van der Waals surface area contributed by atoms with Gasteiger partial charge in [-0.2, -0.15) is 0 Å². The molecule has 1 N–H and O–H groups in total. The van der Waals surface area contributed by atoms with Crippen molar-refractivity contribution in [2.75, 3.05) is 39.8 Å². The van der Waals surface area contributed by atoms with Crippen molar-refractivity contribution >= 4 is 40.9 Å². The van der Waals surface area contributed by atoms with Crippen LogP contribution < -0.4 is 5.32 Å². The first-order chi connectivity index (χ1) is 16.3. The van der Waals surface area contributed by atoms with Gasteiger partial charge in [-0.3, -0.25) is 9.59 Å². The molecule has 0 bridgehead atoms. The van der Waals surface area contributed by atoms with E-state index in [0.717, 1.165) is 37.3 Å². The third-order valence-corrected chi connectivity index (χ3v) is 7.39. The molecule has 1 aromatic heterocycles. The zero-order chi connectivity index (χ0) is 24.2. The van der Waals surface area contributed by atoms with Crippen LogP contribution in [0.3, 0.4) is 0 Å². The Morgan fingerprint density at radius 1 is 1.12 bits per heavy atom. The lowest BCUT2D eigenvalue weighted by Crippen LogP contribution is -2.44. The molecule has 4 rings (SSSR count). The Morgan fingerprint density at radius 2 is 1.88 bits per heavy atom. The van der Waals surface area contributed by atoms with Crippen LogP contribution >= 0.6 is 22.9 Å².